The van der Waals surface area contributed by atoms with Crippen molar-refractivity contribution in [3.05, 3.63) is 23.8 Å². The number of hydrogen-bond acceptors (Lipinski definition) is 3. The highest BCUT2D eigenvalue weighted by molar-refractivity contribution is 7.99. The molecule has 1 aliphatic carbocycles. The molecular weight excluding hydrogens is 258 g/mol. The Bertz CT molecular complexity index is 457. The first kappa shape index (κ1) is 14.3. The third-order valence-corrected chi connectivity index (χ3v) is 4.63. The monoisotopic (exact) mass is 279 g/mol. The summed E-state index contributed by atoms with van der Waals surface area (Å²) in [6.45, 7) is 3.00. The molecule has 1 aromatic rings. The number of carbonyl (C=O) groups is 1. The van der Waals surface area contributed by atoms with Crippen molar-refractivity contribution in [1.29, 1.82) is 0 Å². The number of carboxylic acids is 1. The second kappa shape index (κ2) is 6.33. The quantitative estimate of drug-likeness (QED) is 0.805. The molecular formula is C15H21NO2S. The highest BCUT2D eigenvalue weighted by Gasteiger charge is 2.23. The summed E-state index contributed by atoms with van der Waals surface area (Å²) in [7, 11) is 2.00. The second-order valence-corrected chi connectivity index (χ2v) is 6.37. The molecule has 2 rings (SSSR count). The topological polar surface area (TPSA) is 40.5 Å². The SMILES string of the molecule is CCSc1cccc(N(C)CC2CCC2)c1C(=O)O. The van der Waals surface area contributed by atoms with Gasteiger partial charge in [-0.05, 0) is 36.6 Å². The number of nitrogens with zero attached hydrogens (tertiary/aromatic N) is 1. The van der Waals surface area contributed by atoms with Crippen LogP contribution in [-0.4, -0.2) is 30.4 Å². The van der Waals surface area contributed by atoms with E-state index in [1.807, 2.05) is 32.2 Å². The van der Waals surface area contributed by atoms with Gasteiger partial charge in [0.1, 0.15) is 0 Å². The van der Waals surface area contributed by atoms with E-state index in [0.29, 0.717) is 5.56 Å². The van der Waals surface area contributed by atoms with Crippen molar-refractivity contribution in [2.75, 3.05) is 24.2 Å². The van der Waals surface area contributed by atoms with E-state index in [9.17, 15) is 9.90 Å². The van der Waals surface area contributed by atoms with Crippen LogP contribution in [0.5, 0.6) is 0 Å². The Morgan fingerprint density at radius 3 is 2.74 bits per heavy atom. The Morgan fingerprint density at radius 2 is 2.21 bits per heavy atom. The Balaban J connectivity index is 2.26. The fourth-order valence-electron chi connectivity index (χ4n) is 2.49. The maximum atomic E-state index is 11.6. The molecule has 0 aliphatic heterocycles. The van der Waals surface area contributed by atoms with E-state index in [2.05, 4.69) is 4.90 Å². The highest BCUT2D eigenvalue weighted by atomic mass is 32.2. The summed E-state index contributed by atoms with van der Waals surface area (Å²) >= 11 is 1.59. The summed E-state index contributed by atoms with van der Waals surface area (Å²) < 4.78 is 0. The maximum absolute atomic E-state index is 11.6. The number of aromatic carboxylic acids is 1. The molecule has 0 amide bonds. The van der Waals surface area contributed by atoms with Crippen LogP contribution in [0.2, 0.25) is 0 Å². The van der Waals surface area contributed by atoms with Crippen LogP contribution in [0.25, 0.3) is 0 Å². The molecule has 0 heterocycles. The zero-order valence-electron chi connectivity index (χ0n) is 11.6. The van der Waals surface area contributed by atoms with Gasteiger partial charge in [-0.2, -0.15) is 0 Å². The number of carboxylic acid groups (broad SMARTS) is 1. The number of thioether (sulfide) groups is 1. The minimum Gasteiger partial charge on any atom is -0.478 e. The number of anilines is 1. The maximum Gasteiger partial charge on any atom is 0.338 e. The highest BCUT2D eigenvalue weighted by Crippen LogP contribution is 2.33. The minimum absolute atomic E-state index is 0.455. The molecule has 0 atom stereocenters. The lowest BCUT2D eigenvalue weighted by Gasteiger charge is -2.32. The first-order chi connectivity index (χ1) is 9.13. The summed E-state index contributed by atoms with van der Waals surface area (Å²) in [4.78, 5) is 14.5. The number of hydrogen-bond donors (Lipinski definition) is 1. The summed E-state index contributed by atoms with van der Waals surface area (Å²) in [5.74, 6) is 0.789. The van der Waals surface area contributed by atoms with Crippen LogP contribution < -0.4 is 4.90 Å². The second-order valence-electron chi connectivity index (χ2n) is 5.07. The molecule has 1 saturated carbocycles. The first-order valence-corrected chi connectivity index (χ1v) is 7.82. The van der Waals surface area contributed by atoms with Crippen molar-refractivity contribution in [3.8, 4) is 0 Å². The molecule has 104 valence electrons. The number of rotatable bonds is 6. The molecule has 3 nitrogen and oxygen atoms in total. The molecule has 1 aromatic carbocycles. The van der Waals surface area contributed by atoms with Gasteiger partial charge in [0.05, 0.1) is 11.3 Å². The smallest absolute Gasteiger partial charge is 0.338 e. The van der Waals surface area contributed by atoms with Crippen molar-refractivity contribution in [2.45, 2.75) is 31.1 Å². The van der Waals surface area contributed by atoms with E-state index in [1.165, 1.54) is 19.3 Å². The van der Waals surface area contributed by atoms with Gasteiger partial charge in [-0.1, -0.05) is 19.4 Å². The molecule has 1 N–H and O–H groups in total. The summed E-state index contributed by atoms with van der Waals surface area (Å²) in [6.07, 6.45) is 3.86. The van der Waals surface area contributed by atoms with Crippen LogP contribution in [0, 0.1) is 5.92 Å². The van der Waals surface area contributed by atoms with Gasteiger partial charge in [-0.15, -0.1) is 11.8 Å². The van der Waals surface area contributed by atoms with Crippen LogP contribution in [0.15, 0.2) is 23.1 Å². The summed E-state index contributed by atoms with van der Waals surface area (Å²) in [5, 5.41) is 9.49. The van der Waals surface area contributed by atoms with Gasteiger partial charge < -0.3 is 10.0 Å². The lowest BCUT2D eigenvalue weighted by atomic mass is 9.85. The molecule has 0 bridgehead atoms. The predicted octanol–water partition coefficient (Wildman–Crippen LogP) is 3.73. The lowest BCUT2D eigenvalue weighted by molar-refractivity contribution is 0.0693. The molecule has 1 fully saturated rings. The van der Waals surface area contributed by atoms with E-state index in [-0.39, 0.29) is 0 Å². The van der Waals surface area contributed by atoms with Crippen LogP contribution in [0.4, 0.5) is 5.69 Å². The standard InChI is InChI=1S/C15H21NO2S/c1-3-19-13-9-5-8-12(14(13)15(17)18)16(2)10-11-6-4-7-11/h5,8-9,11H,3-4,6-7,10H2,1-2H3,(H,17,18). The normalized spacial score (nSPS) is 15.1. The summed E-state index contributed by atoms with van der Waals surface area (Å²) in [5.41, 5.74) is 1.30. The molecule has 0 aromatic heterocycles. The van der Waals surface area contributed by atoms with Crippen LogP contribution in [0.1, 0.15) is 36.5 Å². The van der Waals surface area contributed by atoms with Crippen LogP contribution >= 0.6 is 11.8 Å². The van der Waals surface area contributed by atoms with E-state index >= 15 is 0 Å². The van der Waals surface area contributed by atoms with Crippen molar-refractivity contribution in [2.24, 2.45) is 5.92 Å². The third-order valence-electron chi connectivity index (χ3n) is 3.69. The van der Waals surface area contributed by atoms with Crippen molar-refractivity contribution < 1.29 is 9.90 Å². The van der Waals surface area contributed by atoms with Crippen LogP contribution in [0.3, 0.4) is 0 Å². The zero-order valence-corrected chi connectivity index (χ0v) is 12.4. The van der Waals surface area contributed by atoms with Crippen molar-refractivity contribution in [1.82, 2.24) is 0 Å². The Labute approximate surface area is 119 Å². The molecule has 19 heavy (non-hydrogen) atoms. The Kier molecular flexibility index (Phi) is 4.75. The fourth-order valence-corrected chi connectivity index (χ4v) is 3.31. The van der Waals surface area contributed by atoms with Gasteiger partial charge in [-0.3, -0.25) is 0 Å². The van der Waals surface area contributed by atoms with E-state index in [4.69, 9.17) is 0 Å². The Hall–Kier alpha value is -1.16. The molecule has 0 saturated heterocycles. The molecule has 0 radical (unpaired) electrons. The Morgan fingerprint density at radius 1 is 1.47 bits per heavy atom. The predicted molar refractivity (Wildman–Crippen MR) is 80.4 cm³/mol. The number of benzene rings is 1. The zero-order chi connectivity index (χ0) is 13.8. The van der Waals surface area contributed by atoms with Gasteiger partial charge in [0.25, 0.3) is 0 Å². The van der Waals surface area contributed by atoms with E-state index in [0.717, 1.165) is 28.8 Å². The molecule has 0 spiro atoms. The van der Waals surface area contributed by atoms with Gasteiger partial charge in [0.15, 0.2) is 0 Å². The molecule has 4 heteroatoms. The molecule has 1 aliphatic rings. The summed E-state index contributed by atoms with van der Waals surface area (Å²) in [6, 6.07) is 5.77. The third kappa shape index (κ3) is 3.24. The minimum atomic E-state index is -0.827. The average Bonchev–Trinajstić information content (AvgIpc) is 2.33. The van der Waals surface area contributed by atoms with Crippen molar-refractivity contribution >= 4 is 23.4 Å². The van der Waals surface area contributed by atoms with Crippen LogP contribution in [-0.2, 0) is 0 Å². The lowest BCUT2D eigenvalue weighted by Crippen LogP contribution is -2.30. The van der Waals surface area contributed by atoms with Crippen molar-refractivity contribution in [3.63, 3.8) is 0 Å². The van der Waals surface area contributed by atoms with Gasteiger partial charge in [0, 0.05) is 18.5 Å². The van der Waals surface area contributed by atoms with Gasteiger partial charge in [0.2, 0.25) is 0 Å². The largest absolute Gasteiger partial charge is 0.478 e. The fraction of sp³-hybridized carbons (Fsp3) is 0.533. The van der Waals surface area contributed by atoms with E-state index < -0.39 is 5.97 Å². The van der Waals surface area contributed by atoms with Gasteiger partial charge >= 0.3 is 5.97 Å². The molecule has 0 unspecified atom stereocenters. The average molecular weight is 279 g/mol. The van der Waals surface area contributed by atoms with E-state index in [1.54, 1.807) is 11.8 Å². The first-order valence-electron chi connectivity index (χ1n) is 6.83. The van der Waals surface area contributed by atoms with Gasteiger partial charge in [-0.25, -0.2) is 4.79 Å².